The summed E-state index contributed by atoms with van der Waals surface area (Å²) >= 11 is 0. The van der Waals surface area contributed by atoms with Gasteiger partial charge in [0.1, 0.15) is 23.6 Å². The van der Waals surface area contributed by atoms with Crippen LogP contribution in [0.25, 0.3) is 0 Å². The van der Waals surface area contributed by atoms with Crippen LogP contribution in [0.5, 0.6) is 0 Å². The Hall–Kier alpha value is -2.59. The van der Waals surface area contributed by atoms with Crippen LogP contribution in [0, 0.1) is 0 Å². The molecular formula is C20H25F2N7O. The fourth-order valence-electron chi connectivity index (χ4n) is 3.90. The van der Waals surface area contributed by atoms with Crippen LogP contribution in [0.4, 0.5) is 31.9 Å². The molecule has 2 aromatic rings. The third-order valence-corrected chi connectivity index (χ3v) is 5.81. The smallest absolute Gasteiger partial charge is 0.292 e. The van der Waals surface area contributed by atoms with Crippen molar-refractivity contribution < 1.29 is 13.9 Å². The molecule has 30 heavy (non-hydrogen) atoms. The minimum Gasteiger partial charge on any atom is -0.385 e. The molecule has 0 aromatic carbocycles. The molecule has 3 aliphatic rings. The number of hydrogen-bond donors (Lipinski definition) is 3. The molecule has 0 amide bonds. The number of hydrogen-bond acceptors (Lipinski definition) is 8. The molecule has 1 atom stereocenters. The minimum absolute atomic E-state index is 0.152. The average molecular weight is 417 g/mol. The van der Waals surface area contributed by atoms with Gasteiger partial charge >= 0.3 is 0 Å². The van der Waals surface area contributed by atoms with Crippen molar-refractivity contribution in [3.05, 3.63) is 30.2 Å². The second kappa shape index (κ2) is 7.59. The lowest BCUT2D eigenvalue weighted by atomic mass is 10.2. The van der Waals surface area contributed by atoms with Gasteiger partial charge in [0.15, 0.2) is 0 Å². The number of pyridine rings is 1. The molecule has 8 nitrogen and oxygen atoms in total. The Bertz CT molecular complexity index is 901. The molecule has 160 valence electrons. The number of rotatable bonds is 5. The Balaban J connectivity index is 1.43. The van der Waals surface area contributed by atoms with Gasteiger partial charge in [-0.2, -0.15) is 0 Å². The van der Waals surface area contributed by atoms with Gasteiger partial charge in [-0.15, -0.1) is 0 Å². The van der Waals surface area contributed by atoms with Crippen molar-refractivity contribution in [3.63, 3.8) is 0 Å². The second-order valence-corrected chi connectivity index (χ2v) is 8.19. The van der Waals surface area contributed by atoms with Crippen LogP contribution in [0.1, 0.15) is 24.5 Å². The molecule has 2 saturated heterocycles. The number of aliphatic hydroxyl groups is 1. The predicted octanol–water partition coefficient (Wildman–Crippen LogP) is 1.72. The van der Waals surface area contributed by atoms with Gasteiger partial charge in [0, 0.05) is 49.9 Å². The van der Waals surface area contributed by atoms with Gasteiger partial charge < -0.3 is 25.5 Å². The van der Waals surface area contributed by atoms with Crippen LogP contribution in [-0.4, -0.2) is 71.4 Å². The molecule has 0 spiro atoms. The van der Waals surface area contributed by atoms with Crippen molar-refractivity contribution in [1.29, 1.82) is 0 Å². The van der Waals surface area contributed by atoms with Gasteiger partial charge in [-0.3, -0.25) is 4.98 Å². The van der Waals surface area contributed by atoms with E-state index < -0.39 is 18.6 Å². The first-order valence-corrected chi connectivity index (χ1v) is 10.4. The number of piperazine rings is 1. The third-order valence-electron chi connectivity index (χ3n) is 5.81. The van der Waals surface area contributed by atoms with E-state index in [0.717, 1.165) is 50.4 Å². The molecule has 0 radical (unpaired) electrons. The number of alkyl halides is 2. The van der Waals surface area contributed by atoms with Crippen LogP contribution in [-0.2, 0) is 0 Å². The second-order valence-electron chi connectivity index (χ2n) is 8.19. The monoisotopic (exact) mass is 417 g/mol. The zero-order valence-electron chi connectivity index (χ0n) is 16.6. The molecule has 1 aliphatic carbocycles. The fraction of sp³-hybridized carbons (Fsp3) is 0.550. The average Bonchev–Trinajstić information content (AvgIpc) is 3.55. The summed E-state index contributed by atoms with van der Waals surface area (Å²) in [6.45, 7) is 2.64. The Morgan fingerprint density at radius 3 is 2.50 bits per heavy atom. The van der Waals surface area contributed by atoms with Crippen LogP contribution in [0.15, 0.2) is 24.5 Å². The molecule has 2 aromatic heterocycles. The lowest BCUT2D eigenvalue weighted by molar-refractivity contribution is -0.0712. The summed E-state index contributed by atoms with van der Waals surface area (Å²) in [4.78, 5) is 17.1. The van der Waals surface area contributed by atoms with Crippen molar-refractivity contribution in [1.82, 2.24) is 20.3 Å². The molecule has 0 bridgehead atoms. The maximum atomic E-state index is 13.9. The molecule has 10 heteroatoms. The molecule has 1 saturated carbocycles. The topological polar surface area (TPSA) is 89.4 Å². The standard InChI is InChI=1S/C20H25F2N7O/c21-20(22)12-29(11-16(20)30)19-8-14(28-5-3-23-4-6-28)7-17(27-19)26-18-10-24-15(9-25-18)13-1-2-13/h7-10,13,16,23,30H,1-6,11-12H2,(H,25,26,27). The van der Waals surface area contributed by atoms with E-state index in [1.54, 1.807) is 12.4 Å². The zero-order chi connectivity index (χ0) is 20.7. The molecular weight excluding hydrogens is 392 g/mol. The van der Waals surface area contributed by atoms with Gasteiger partial charge in [-0.1, -0.05) is 0 Å². The normalized spacial score (nSPS) is 23.6. The number of aliphatic hydroxyl groups excluding tert-OH is 1. The van der Waals surface area contributed by atoms with E-state index in [1.165, 1.54) is 4.90 Å². The van der Waals surface area contributed by atoms with E-state index in [0.29, 0.717) is 23.4 Å². The lowest BCUT2D eigenvalue weighted by Gasteiger charge is -2.30. The van der Waals surface area contributed by atoms with Crippen molar-refractivity contribution >= 4 is 23.1 Å². The minimum atomic E-state index is -3.15. The SMILES string of the molecule is OC1CN(c2cc(N3CCNCC3)cc(Nc3cnc(C4CC4)cn3)n2)CC1(F)F. The zero-order valence-corrected chi connectivity index (χ0v) is 16.6. The molecule has 3 N–H and O–H groups in total. The van der Waals surface area contributed by atoms with E-state index in [-0.39, 0.29) is 6.54 Å². The quantitative estimate of drug-likeness (QED) is 0.678. The largest absolute Gasteiger partial charge is 0.385 e. The molecule has 3 fully saturated rings. The van der Waals surface area contributed by atoms with Crippen molar-refractivity contribution in [2.24, 2.45) is 0 Å². The fourth-order valence-corrected chi connectivity index (χ4v) is 3.90. The number of nitrogens with zero attached hydrogens (tertiary/aromatic N) is 5. The van der Waals surface area contributed by atoms with Gasteiger partial charge in [-0.05, 0) is 12.8 Å². The molecule has 5 rings (SSSR count). The van der Waals surface area contributed by atoms with Crippen LogP contribution < -0.4 is 20.4 Å². The number of halogens is 2. The number of β-amino-alcohol motifs (C(OH)–C–C–N with tert-alkyl or cyclic N) is 1. The predicted molar refractivity (Wildman–Crippen MR) is 110 cm³/mol. The maximum absolute atomic E-state index is 13.9. The van der Waals surface area contributed by atoms with E-state index in [1.807, 2.05) is 12.1 Å². The summed E-state index contributed by atoms with van der Waals surface area (Å²) in [5, 5.41) is 16.2. The summed E-state index contributed by atoms with van der Waals surface area (Å²) in [6.07, 6.45) is 4.08. The van der Waals surface area contributed by atoms with Crippen molar-refractivity contribution in [2.45, 2.75) is 30.8 Å². The van der Waals surface area contributed by atoms with E-state index in [9.17, 15) is 13.9 Å². The van der Waals surface area contributed by atoms with Crippen LogP contribution in [0.3, 0.4) is 0 Å². The Kier molecular flexibility index (Phi) is 4.90. The molecule has 4 heterocycles. The Morgan fingerprint density at radius 1 is 1.07 bits per heavy atom. The third kappa shape index (κ3) is 4.01. The lowest BCUT2D eigenvalue weighted by Crippen LogP contribution is -2.43. The highest BCUT2D eigenvalue weighted by atomic mass is 19.3. The Labute approximate surface area is 173 Å². The maximum Gasteiger partial charge on any atom is 0.292 e. The van der Waals surface area contributed by atoms with Gasteiger partial charge in [-0.25, -0.2) is 18.7 Å². The first-order chi connectivity index (χ1) is 14.5. The molecule has 2 aliphatic heterocycles. The summed E-state index contributed by atoms with van der Waals surface area (Å²) in [5.41, 5.74) is 1.90. The summed E-state index contributed by atoms with van der Waals surface area (Å²) in [6, 6.07) is 3.71. The highest BCUT2D eigenvalue weighted by molar-refractivity contribution is 5.66. The first-order valence-electron chi connectivity index (χ1n) is 10.4. The van der Waals surface area contributed by atoms with Gasteiger partial charge in [0.2, 0.25) is 0 Å². The number of aromatic nitrogens is 3. The highest BCUT2D eigenvalue weighted by Crippen LogP contribution is 2.38. The van der Waals surface area contributed by atoms with Crippen molar-refractivity contribution in [2.75, 3.05) is 54.4 Å². The Morgan fingerprint density at radius 2 is 1.87 bits per heavy atom. The highest BCUT2D eigenvalue weighted by Gasteiger charge is 2.47. The number of nitrogens with one attached hydrogen (secondary N) is 2. The summed E-state index contributed by atoms with van der Waals surface area (Å²) in [5.74, 6) is -1.14. The summed E-state index contributed by atoms with van der Waals surface area (Å²) in [7, 11) is 0. The van der Waals surface area contributed by atoms with Crippen molar-refractivity contribution in [3.8, 4) is 0 Å². The van der Waals surface area contributed by atoms with Crippen LogP contribution >= 0.6 is 0 Å². The van der Waals surface area contributed by atoms with Gasteiger partial charge in [0.05, 0.1) is 31.2 Å². The summed E-state index contributed by atoms with van der Waals surface area (Å²) < 4.78 is 27.8. The number of anilines is 4. The van der Waals surface area contributed by atoms with E-state index >= 15 is 0 Å². The van der Waals surface area contributed by atoms with E-state index in [4.69, 9.17) is 0 Å². The first kappa shape index (κ1) is 19.4. The molecule has 1 unspecified atom stereocenters. The van der Waals surface area contributed by atoms with Crippen LogP contribution in [0.2, 0.25) is 0 Å². The van der Waals surface area contributed by atoms with E-state index in [2.05, 4.69) is 30.5 Å². The van der Waals surface area contributed by atoms with Gasteiger partial charge in [0.25, 0.3) is 5.92 Å².